The number of ether oxygens (including phenoxy) is 9. The molecule has 7 heterocycles. The Morgan fingerprint density at radius 1 is 0.513 bits per heavy atom. The number of esters is 4. The Balaban J connectivity index is 0.000000145. The number of amides is 2. The van der Waals surface area contributed by atoms with E-state index in [4.69, 9.17) is 75.8 Å². The van der Waals surface area contributed by atoms with Crippen LogP contribution in [-0.2, 0) is 127 Å². The number of hydrogen-bond acceptors (Lipinski definition) is 29. The SMILES string of the molecule is CC(C)(C)OC(=O)C[C@H](OC(=O)OC(C)(C)C)C(=O)ON1C(=O)CCC1=O.CN1CC[C@]23c4c5ccc(CO)c4O[C@H]2C(O)=CC[C@@]3(O)[C@H]1C5.C[C@@H](CC(=O)O)C(=O)OC1=CC[C@@]2(O)[C@H]3Cc4ccc(CO)c5c4[C@@]2(CCN3C)[C@H]1O5.C[C@@H](CC(=O)OC(C)(C)C)C(=O)OC1=CC[C@@]2(O)[C@H]3Cc4ccc(CO)c5c4[C@@]2(CCN3C)[C@H]1O5.ClCCl. The molecular weight excluding hydrogens is 1590 g/mol. The summed E-state index contributed by atoms with van der Waals surface area (Å²) in [6, 6.07) is 11.5. The number of likely N-dealkylation sites (tertiary alicyclic amines) is 3. The molecule has 4 saturated heterocycles. The first-order valence-electron chi connectivity index (χ1n) is 40.3. The minimum atomic E-state index is -1.75. The first kappa shape index (κ1) is 89.8. The Morgan fingerprint density at radius 2 is 0.857 bits per heavy atom. The van der Waals surface area contributed by atoms with E-state index >= 15 is 0 Å². The van der Waals surface area contributed by atoms with Crippen molar-refractivity contribution in [2.45, 2.75) is 278 Å². The van der Waals surface area contributed by atoms with Crippen LogP contribution < -0.4 is 14.2 Å². The molecule has 0 aromatic heterocycles. The van der Waals surface area contributed by atoms with Crippen molar-refractivity contribution in [1.29, 1.82) is 0 Å². The van der Waals surface area contributed by atoms with Crippen molar-refractivity contribution in [1.82, 2.24) is 19.8 Å². The maximum Gasteiger partial charge on any atom is 0.509 e. The molecule has 3 aromatic carbocycles. The zero-order valence-electron chi connectivity index (χ0n) is 69.6. The van der Waals surface area contributed by atoms with E-state index in [-0.39, 0.29) is 74.7 Å². The van der Waals surface area contributed by atoms with Gasteiger partial charge < -0.3 is 103 Å². The number of rotatable bonds is 16. The lowest BCUT2D eigenvalue weighted by atomic mass is 9.50. The van der Waals surface area contributed by atoms with Crippen LogP contribution in [0.3, 0.4) is 0 Å². The van der Waals surface area contributed by atoms with E-state index in [1.807, 2.05) is 44.4 Å². The summed E-state index contributed by atoms with van der Waals surface area (Å²) in [6.45, 7) is 20.0. The van der Waals surface area contributed by atoms with Gasteiger partial charge in [-0.25, -0.2) is 9.59 Å². The summed E-state index contributed by atoms with van der Waals surface area (Å²) in [5, 5.41) is 85.6. The van der Waals surface area contributed by atoms with Crippen LogP contribution in [0.25, 0.3) is 0 Å². The zero-order valence-corrected chi connectivity index (χ0v) is 71.1. The molecule has 3 spiro atoms. The fourth-order valence-corrected chi connectivity index (χ4v) is 20.2. The summed E-state index contributed by atoms with van der Waals surface area (Å²) in [7, 11) is 6.11. The number of aliphatic carboxylic acids is 1. The molecule has 8 N–H and O–H groups in total. The van der Waals surface area contributed by atoms with Crippen LogP contribution in [0.5, 0.6) is 17.2 Å². The molecule has 7 aliphatic heterocycles. The first-order valence-corrected chi connectivity index (χ1v) is 41.4. The molecule has 33 heteroatoms. The first-order chi connectivity index (χ1) is 55.7. The number of piperidine rings is 3. The molecule has 650 valence electrons. The van der Waals surface area contributed by atoms with E-state index in [1.165, 1.54) is 12.5 Å². The highest BCUT2D eigenvalue weighted by atomic mass is 35.5. The van der Waals surface area contributed by atoms with Gasteiger partial charge in [0.1, 0.15) is 51.3 Å². The van der Waals surface area contributed by atoms with Crippen LogP contribution in [0.2, 0.25) is 0 Å². The number of nitrogens with zero attached hydrogens (tertiary/aromatic N) is 4. The number of alkyl halides is 2. The van der Waals surface area contributed by atoms with Gasteiger partial charge in [0, 0.05) is 83.6 Å². The Hall–Kier alpha value is -8.47. The molecule has 15 atom stereocenters. The lowest BCUT2D eigenvalue weighted by Gasteiger charge is -2.61. The van der Waals surface area contributed by atoms with E-state index in [0.717, 1.165) is 65.9 Å². The predicted molar refractivity (Wildman–Crippen MR) is 424 cm³/mol. The largest absolute Gasteiger partial charge is 0.509 e. The number of benzene rings is 3. The molecular formula is C86H110Cl2N4O27. The van der Waals surface area contributed by atoms with Gasteiger partial charge in [0.05, 0.1) is 89.3 Å². The molecule has 0 unspecified atom stereocenters. The molecule has 31 nitrogen and oxygen atoms in total. The average molecular weight is 1700 g/mol. The summed E-state index contributed by atoms with van der Waals surface area (Å²) in [6.07, 6.45) is 4.23. The van der Waals surface area contributed by atoms with E-state index < -0.39 is 146 Å². The van der Waals surface area contributed by atoms with Crippen molar-refractivity contribution in [2.24, 2.45) is 11.8 Å². The van der Waals surface area contributed by atoms with Crippen molar-refractivity contribution in [3.8, 4) is 17.2 Å². The van der Waals surface area contributed by atoms with E-state index in [2.05, 4.69) is 27.8 Å². The molecule has 16 rings (SSSR count). The molecule has 6 bridgehead atoms. The third-order valence-corrected chi connectivity index (χ3v) is 25.4. The summed E-state index contributed by atoms with van der Waals surface area (Å²) >= 11 is 9.53. The number of aliphatic hydroxyl groups is 7. The number of carboxylic acids is 1. The maximum absolute atomic E-state index is 13.0. The molecule has 3 aromatic rings. The summed E-state index contributed by atoms with van der Waals surface area (Å²) in [5.41, 5.74) is 0.670. The Bertz CT molecular complexity index is 4600. The van der Waals surface area contributed by atoms with Crippen LogP contribution in [0, 0.1) is 11.8 Å². The number of hydrogen-bond donors (Lipinski definition) is 8. The van der Waals surface area contributed by atoms with Gasteiger partial charge in [0.2, 0.25) is 6.10 Å². The van der Waals surface area contributed by atoms with Gasteiger partial charge in [0.25, 0.3) is 11.8 Å². The predicted octanol–water partition coefficient (Wildman–Crippen LogP) is 7.56. The van der Waals surface area contributed by atoms with Crippen LogP contribution in [-0.4, -0.2) is 237 Å². The summed E-state index contributed by atoms with van der Waals surface area (Å²) < 4.78 is 50.8. The fraction of sp³-hybridized carbons (Fsp3) is 0.616. The fourth-order valence-electron chi connectivity index (χ4n) is 20.2. The molecule has 119 heavy (non-hydrogen) atoms. The van der Waals surface area contributed by atoms with Gasteiger partial charge in [-0.2, -0.15) is 0 Å². The summed E-state index contributed by atoms with van der Waals surface area (Å²) in [4.78, 5) is 119. The van der Waals surface area contributed by atoms with E-state index in [1.54, 1.807) is 87.5 Å². The summed E-state index contributed by atoms with van der Waals surface area (Å²) in [5.74, 6) is -4.96. The Morgan fingerprint density at radius 3 is 1.22 bits per heavy atom. The van der Waals surface area contributed by atoms with Gasteiger partial charge in [-0.05, 0) is 177 Å². The van der Waals surface area contributed by atoms with Crippen LogP contribution in [0.4, 0.5) is 4.79 Å². The highest BCUT2D eigenvalue weighted by Gasteiger charge is 2.75. The molecule has 0 radical (unpaired) electrons. The molecule has 6 aliphatic carbocycles. The molecule has 0 saturated carbocycles. The third-order valence-electron chi connectivity index (χ3n) is 25.4. The quantitative estimate of drug-likeness (QED) is 0.0297. The monoisotopic (exact) mass is 1700 g/mol. The highest BCUT2D eigenvalue weighted by Crippen LogP contribution is 2.68. The maximum atomic E-state index is 13.0. The second-order valence-corrected chi connectivity index (χ2v) is 37.0. The zero-order chi connectivity index (χ0) is 87.1. The van der Waals surface area contributed by atoms with Gasteiger partial charge in [-0.15, -0.1) is 28.3 Å². The normalized spacial score (nSPS) is 29.7. The van der Waals surface area contributed by atoms with Gasteiger partial charge >= 0.3 is 42.0 Å². The van der Waals surface area contributed by atoms with Crippen molar-refractivity contribution in [3.05, 3.63) is 122 Å². The van der Waals surface area contributed by atoms with Gasteiger partial charge in [-0.1, -0.05) is 50.2 Å². The third kappa shape index (κ3) is 16.0. The number of carbonyl (C=O) groups excluding carboxylic acids is 8. The number of aliphatic hydroxyl groups excluding tert-OH is 4. The minimum Gasteiger partial charge on any atom is -0.509 e. The second-order valence-electron chi connectivity index (χ2n) is 36.2. The number of carbonyl (C=O) groups is 9. The van der Waals surface area contributed by atoms with Gasteiger partial charge in [0.15, 0.2) is 18.3 Å². The molecule has 13 aliphatic rings. The van der Waals surface area contributed by atoms with Gasteiger partial charge in [-0.3, -0.25) is 33.6 Å². The lowest BCUT2D eigenvalue weighted by Crippen LogP contribution is -2.74. The molecule has 2 amide bonds. The van der Waals surface area contributed by atoms with Crippen molar-refractivity contribution in [2.75, 3.05) is 46.1 Å². The lowest BCUT2D eigenvalue weighted by molar-refractivity contribution is -0.205. The highest BCUT2D eigenvalue weighted by molar-refractivity contribution is 6.40. The van der Waals surface area contributed by atoms with Crippen LogP contribution in [0.15, 0.2) is 71.9 Å². The number of hydroxylamine groups is 2. The van der Waals surface area contributed by atoms with Crippen LogP contribution >= 0.6 is 23.2 Å². The molecule has 4 fully saturated rings. The average Bonchev–Trinajstić information content (AvgIpc) is 1.56. The smallest absolute Gasteiger partial charge is 0.509 e. The number of carboxylic acid groups (broad SMARTS) is 1. The van der Waals surface area contributed by atoms with E-state index in [9.17, 15) is 78.9 Å². The number of imide groups is 1. The van der Waals surface area contributed by atoms with Crippen molar-refractivity contribution >= 4 is 77.0 Å². The Labute approximate surface area is 700 Å². The number of likely N-dealkylation sites (N-methyl/N-ethyl adjacent to an activating group) is 3. The minimum absolute atomic E-state index is 0.0186. The standard InChI is InChI=1S/C27H35NO7.C23H27NO7.C18H21NO4.C17H25NO9.CH2Cl2/c1-15(12-20(30)35-25(2,3)4)24(31)33-18-8-9-27(32)19-13-16-6-7-17(14-29)22-21(16)26(27,23(18)34-22)10-11-28(19)5;1-12(9-17(26)27)21(28)30-15-5-6-23(29)16-10-13-3-4-14(11-25)19-18(13)22(23,20(15)31-19)7-8-24(16)2;1-19-7-6-17-14-10-2-3-11(9-20)15(14)23-16(17)12(21)4-5-18(17,22)13(19)8-10;1-16(2,3)25-13(21)9-10(24-15(23)26-17(4,5)6)14(22)27-18-11(19)7-8-12(18)20;2-1-3/h6-8,15,19,23,29,32H,9-14H2,1-5H3;3-5,12,16,20,25,29H,6-11H2,1-2H3,(H,26,27);2-4,13,16,20-22H,5-9H2,1H3;10H,7-9H2,1-6H3;1H2/t15-,19+,23-,26-,27+;12-,16+,20-,22-,23+;13-,16+,17+,18-;10-;/m0010./s1. The second kappa shape index (κ2) is 33.4. The number of halogens is 2. The van der Waals surface area contributed by atoms with Crippen molar-refractivity contribution in [3.63, 3.8) is 0 Å². The van der Waals surface area contributed by atoms with E-state index in [0.29, 0.717) is 89.9 Å². The Kier molecular flexibility index (Phi) is 25.2. The van der Waals surface area contributed by atoms with Crippen LogP contribution in [0.1, 0.15) is 197 Å². The topological polar surface area (TPSA) is 421 Å². The van der Waals surface area contributed by atoms with Crippen molar-refractivity contribution < 1.29 is 131 Å².